The quantitative estimate of drug-likeness (QED) is 0.401. The Hall–Kier alpha value is -3.71. The molecule has 34 heavy (non-hydrogen) atoms. The Balaban J connectivity index is 1.85. The number of anilines is 2. The van der Waals surface area contributed by atoms with Crippen LogP contribution in [-0.4, -0.2) is 27.9 Å². The van der Waals surface area contributed by atoms with Crippen LogP contribution in [0.2, 0.25) is 0 Å². The number of nitrogen functional groups attached to an aromatic ring is 1. The topological polar surface area (TPSA) is 117 Å². The van der Waals surface area contributed by atoms with E-state index in [-0.39, 0.29) is 17.8 Å². The lowest BCUT2D eigenvalue weighted by Gasteiger charge is -2.16. The van der Waals surface area contributed by atoms with E-state index in [2.05, 4.69) is 15.6 Å². The molecule has 0 saturated heterocycles. The number of aromatic nitrogens is 1. The van der Waals surface area contributed by atoms with E-state index in [1.54, 1.807) is 24.4 Å². The summed E-state index contributed by atoms with van der Waals surface area (Å²) in [5.74, 6) is -0.597. The summed E-state index contributed by atoms with van der Waals surface area (Å²) in [4.78, 5) is 29.4. The minimum atomic E-state index is -1.26. The fourth-order valence-electron chi connectivity index (χ4n) is 3.74. The normalized spacial score (nSPS) is 11.8. The Morgan fingerprint density at radius 3 is 2.50 bits per heavy atom. The first kappa shape index (κ1) is 24.9. The van der Waals surface area contributed by atoms with Crippen molar-refractivity contribution in [2.45, 2.75) is 52.7 Å². The first-order valence-electron chi connectivity index (χ1n) is 11.5. The minimum Gasteiger partial charge on any atom is -0.383 e. The molecular formula is C27H32N4O3. The Kier molecular flexibility index (Phi) is 8.02. The van der Waals surface area contributed by atoms with Crippen molar-refractivity contribution < 1.29 is 14.7 Å². The summed E-state index contributed by atoms with van der Waals surface area (Å²) in [6, 6.07) is 14.6. The highest BCUT2D eigenvalue weighted by Gasteiger charge is 2.19. The molecule has 3 aromatic rings. The summed E-state index contributed by atoms with van der Waals surface area (Å²) in [5, 5.41) is 16.2. The lowest BCUT2D eigenvalue weighted by molar-refractivity contribution is -0.124. The van der Waals surface area contributed by atoms with E-state index in [1.807, 2.05) is 58.0 Å². The second kappa shape index (κ2) is 10.9. The molecule has 0 aliphatic heterocycles. The monoisotopic (exact) mass is 460 g/mol. The molecule has 0 unspecified atom stereocenters. The summed E-state index contributed by atoms with van der Waals surface area (Å²) in [6.07, 6.45) is 1.89. The van der Waals surface area contributed by atoms with Gasteiger partial charge in [0.05, 0.1) is 5.56 Å². The van der Waals surface area contributed by atoms with Gasteiger partial charge in [0.1, 0.15) is 5.82 Å². The Bertz CT molecular complexity index is 1190. The van der Waals surface area contributed by atoms with Crippen molar-refractivity contribution in [2.24, 2.45) is 0 Å². The first-order valence-corrected chi connectivity index (χ1v) is 11.5. The highest BCUT2D eigenvalue weighted by atomic mass is 16.3. The van der Waals surface area contributed by atoms with Crippen molar-refractivity contribution in [2.75, 3.05) is 11.1 Å². The summed E-state index contributed by atoms with van der Waals surface area (Å²) in [6.45, 7) is 7.79. The lowest BCUT2D eigenvalue weighted by atomic mass is 9.97. The standard InChI is InChI=1S/C27H32N4O3/c1-5-17-8-7-9-19(12-17)24(32)27(34)31-21-10-11-22(18(6-2)13-21)20-14-23(25(28)29-15-20)26(33)30-16(3)4/h7-16,24,32H,5-6H2,1-4H3,(H2,28,29)(H,30,33)(H,31,34)/t24-/m0/s1. The third-order valence-electron chi connectivity index (χ3n) is 5.57. The predicted octanol–water partition coefficient (Wildman–Crippen LogP) is 4.27. The van der Waals surface area contributed by atoms with Gasteiger partial charge in [0.15, 0.2) is 6.10 Å². The molecule has 178 valence electrons. The number of hydrogen-bond donors (Lipinski definition) is 4. The molecule has 0 fully saturated rings. The zero-order chi connectivity index (χ0) is 24.8. The number of nitrogens with two attached hydrogens (primary N) is 1. The number of amides is 2. The second-order valence-electron chi connectivity index (χ2n) is 8.50. The van der Waals surface area contributed by atoms with Gasteiger partial charge in [-0.25, -0.2) is 4.98 Å². The van der Waals surface area contributed by atoms with Crippen molar-refractivity contribution in [1.82, 2.24) is 10.3 Å². The molecule has 7 heteroatoms. The zero-order valence-corrected chi connectivity index (χ0v) is 20.1. The van der Waals surface area contributed by atoms with E-state index >= 15 is 0 Å². The van der Waals surface area contributed by atoms with Crippen LogP contribution in [-0.2, 0) is 17.6 Å². The molecule has 0 spiro atoms. The molecule has 2 aromatic carbocycles. The van der Waals surface area contributed by atoms with Gasteiger partial charge in [0.25, 0.3) is 11.8 Å². The van der Waals surface area contributed by atoms with Crippen molar-refractivity contribution in [3.8, 4) is 11.1 Å². The summed E-state index contributed by atoms with van der Waals surface area (Å²) in [5.41, 5.74) is 11.1. The van der Waals surface area contributed by atoms with Gasteiger partial charge >= 0.3 is 0 Å². The molecule has 5 N–H and O–H groups in total. The van der Waals surface area contributed by atoms with Gasteiger partial charge in [0, 0.05) is 23.5 Å². The second-order valence-corrected chi connectivity index (χ2v) is 8.50. The van der Waals surface area contributed by atoms with Crippen LogP contribution in [0, 0.1) is 0 Å². The number of carbonyl (C=O) groups is 2. The van der Waals surface area contributed by atoms with Crippen LogP contribution in [0.15, 0.2) is 54.7 Å². The third-order valence-corrected chi connectivity index (χ3v) is 5.57. The van der Waals surface area contributed by atoms with Crippen LogP contribution in [0.25, 0.3) is 11.1 Å². The number of nitrogens with zero attached hydrogens (tertiary/aromatic N) is 1. The number of aliphatic hydroxyl groups is 1. The maximum absolute atomic E-state index is 12.7. The Morgan fingerprint density at radius 1 is 1.06 bits per heavy atom. The van der Waals surface area contributed by atoms with Crippen LogP contribution >= 0.6 is 0 Å². The maximum Gasteiger partial charge on any atom is 0.257 e. The van der Waals surface area contributed by atoms with Gasteiger partial charge in [0.2, 0.25) is 0 Å². The molecule has 0 bridgehead atoms. The SMILES string of the molecule is CCc1cccc([C@H](O)C(=O)Nc2ccc(-c3cnc(N)c(C(=O)NC(C)C)c3)c(CC)c2)c1. The van der Waals surface area contributed by atoms with Crippen LogP contribution in [0.4, 0.5) is 11.5 Å². The number of hydrogen-bond acceptors (Lipinski definition) is 5. The first-order chi connectivity index (χ1) is 16.2. The lowest BCUT2D eigenvalue weighted by Crippen LogP contribution is -2.30. The maximum atomic E-state index is 12.7. The molecule has 1 aromatic heterocycles. The number of nitrogens with one attached hydrogen (secondary N) is 2. The number of aliphatic hydroxyl groups excluding tert-OH is 1. The molecule has 0 aliphatic carbocycles. The molecule has 3 rings (SSSR count). The van der Waals surface area contributed by atoms with Crippen LogP contribution in [0.5, 0.6) is 0 Å². The van der Waals surface area contributed by atoms with Crippen LogP contribution in [0.3, 0.4) is 0 Å². The molecule has 0 saturated carbocycles. The number of rotatable bonds is 8. The minimum absolute atomic E-state index is 0.0237. The van der Waals surface area contributed by atoms with Crippen molar-refractivity contribution in [3.05, 3.63) is 77.0 Å². The number of carbonyl (C=O) groups excluding carboxylic acids is 2. The van der Waals surface area contributed by atoms with E-state index in [0.29, 0.717) is 23.2 Å². The van der Waals surface area contributed by atoms with Crippen molar-refractivity contribution in [3.63, 3.8) is 0 Å². The average Bonchev–Trinajstić information content (AvgIpc) is 2.83. The smallest absolute Gasteiger partial charge is 0.257 e. The number of pyridine rings is 1. The Morgan fingerprint density at radius 2 is 1.82 bits per heavy atom. The fourth-order valence-corrected chi connectivity index (χ4v) is 3.74. The molecule has 1 atom stereocenters. The van der Waals surface area contributed by atoms with E-state index in [1.165, 1.54) is 0 Å². The number of aryl methyl sites for hydroxylation is 2. The molecule has 0 radical (unpaired) electrons. The average molecular weight is 461 g/mol. The zero-order valence-electron chi connectivity index (χ0n) is 20.1. The number of benzene rings is 2. The van der Waals surface area contributed by atoms with Gasteiger partial charge in [-0.1, -0.05) is 44.2 Å². The molecule has 1 heterocycles. The van der Waals surface area contributed by atoms with E-state index in [9.17, 15) is 14.7 Å². The van der Waals surface area contributed by atoms with E-state index < -0.39 is 12.0 Å². The molecular weight excluding hydrogens is 428 g/mol. The molecule has 2 amide bonds. The van der Waals surface area contributed by atoms with Crippen LogP contribution in [0.1, 0.15) is 60.8 Å². The van der Waals surface area contributed by atoms with Crippen molar-refractivity contribution in [1.29, 1.82) is 0 Å². The van der Waals surface area contributed by atoms with E-state index in [0.717, 1.165) is 28.7 Å². The van der Waals surface area contributed by atoms with Crippen LogP contribution < -0.4 is 16.4 Å². The van der Waals surface area contributed by atoms with Gasteiger partial charge in [-0.15, -0.1) is 0 Å². The van der Waals surface area contributed by atoms with Gasteiger partial charge in [-0.2, -0.15) is 0 Å². The van der Waals surface area contributed by atoms with Gasteiger partial charge < -0.3 is 21.5 Å². The van der Waals surface area contributed by atoms with Gasteiger partial charge in [-0.05, 0) is 67.1 Å². The summed E-state index contributed by atoms with van der Waals surface area (Å²) in [7, 11) is 0. The largest absolute Gasteiger partial charge is 0.383 e. The third kappa shape index (κ3) is 5.80. The van der Waals surface area contributed by atoms with Gasteiger partial charge in [-0.3, -0.25) is 9.59 Å². The highest BCUT2D eigenvalue weighted by Crippen LogP contribution is 2.29. The molecule has 0 aliphatic rings. The van der Waals surface area contributed by atoms with E-state index in [4.69, 9.17) is 5.73 Å². The fraction of sp³-hybridized carbons (Fsp3) is 0.296. The van der Waals surface area contributed by atoms with Crippen molar-refractivity contribution >= 4 is 23.3 Å². The summed E-state index contributed by atoms with van der Waals surface area (Å²) >= 11 is 0. The summed E-state index contributed by atoms with van der Waals surface area (Å²) < 4.78 is 0. The molecule has 7 nitrogen and oxygen atoms in total. The Labute approximate surface area is 200 Å². The predicted molar refractivity (Wildman–Crippen MR) is 135 cm³/mol. The highest BCUT2D eigenvalue weighted by molar-refractivity contribution is 6.00.